The van der Waals surface area contributed by atoms with Gasteiger partial charge in [0.1, 0.15) is 5.65 Å². The van der Waals surface area contributed by atoms with E-state index >= 15 is 0 Å². The number of imidazole rings is 1. The Hall–Kier alpha value is -2.39. The molecule has 0 N–H and O–H groups in total. The van der Waals surface area contributed by atoms with Gasteiger partial charge in [-0.15, -0.1) is 0 Å². The molecule has 0 aliphatic heterocycles. The first-order valence-corrected chi connectivity index (χ1v) is 8.74. The Morgan fingerprint density at radius 3 is 2.42 bits per heavy atom. The molecule has 3 heteroatoms. The topological polar surface area (TPSA) is 17.3 Å². The van der Waals surface area contributed by atoms with Gasteiger partial charge in [-0.3, -0.25) is 4.40 Å². The van der Waals surface area contributed by atoms with Gasteiger partial charge in [0.05, 0.1) is 11.4 Å². The molecule has 4 aromatic rings. The van der Waals surface area contributed by atoms with E-state index in [2.05, 4.69) is 82.8 Å². The van der Waals surface area contributed by atoms with Gasteiger partial charge in [0.15, 0.2) is 0 Å². The molecule has 0 amide bonds. The summed E-state index contributed by atoms with van der Waals surface area (Å²) in [7, 11) is 0. The Kier molecular flexibility index (Phi) is 3.73. The highest BCUT2D eigenvalue weighted by Gasteiger charge is 2.17. The Morgan fingerprint density at radius 1 is 0.875 bits per heavy atom. The van der Waals surface area contributed by atoms with E-state index in [9.17, 15) is 0 Å². The summed E-state index contributed by atoms with van der Waals surface area (Å²) in [6.45, 7) is 4.27. The third-order valence-corrected chi connectivity index (χ3v) is 5.19. The number of fused-ring (bicyclic) bond motifs is 1. The quantitative estimate of drug-likeness (QED) is 0.416. The van der Waals surface area contributed by atoms with E-state index in [0.29, 0.717) is 0 Å². The van der Waals surface area contributed by atoms with Crippen LogP contribution in [-0.2, 0) is 0 Å². The van der Waals surface area contributed by atoms with Crippen LogP contribution >= 0.6 is 15.9 Å². The van der Waals surface area contributed by atoms with E-state index < -0.39 is 0 Å². The molecule has 2 aromatic heterocycles. The second kappa shape index (κ2) is 5.91. The Bertz CT molecular complexity index is 1030. The minimum Gasteiger partial charge on any atom is -0.299 e. The average molecular weight is 377 g/mol. The predicted octanol–water partition coefficient (Wildman–Crippen LogP) is 6.05. The molecule has 0 aliphatic carbocycles. The van der Waals surface area contributed by atoms with Gasteiger partial charge in [-0.25, -0.2) is 4.98 Å². The van der Waals surface area contributed by atoms with Crippen LogP contribution in [0.5, 0.6) is 0 Å². The molecule has 0 fully saturated rings. The second-order valence-corrected chi connectivity index (χ2v) is 6.87. The van der Waals surface area contributed by atoms with Crippen molar-refractivity contribution < 1.29 is 0 Å². The van der Waals surface area contributed by atoms with Crippen LogP contribution in [0, 0.1) is 13.8 Å². The molecule has 118 valence electrons. The molecule has 0 bridgehead atoms. The summed E-state index contributed by atoms with van der Waals surface area (Å²) in [5.74, 6) is 0. The maximum absolute atomic E-state index is 4.90. The summed E-state index contributed by atoms with van der Waals surface area (Å²) in [6.07, 6.45) is 2.08. The number of hydrogen-bond acceptors (Lipinski definition) is 1. The lowest BCUT2D eigenvalue weighted by Gasteiger charge is -2.11. The maximum Gasteiger partial charge on any atom is 0.137 e. The first kappa shape index (κ1) is 15.2. The van der Waals surface area contributed by atoms with Crippen molar-refractivity contribution in [2.75, 3.05) is 0 Å². The van der Waals surface area contributed by atoms with Gasteiger partial charge in [-0.05, 0) is 49.2 Å². The minimum atomic E-state index is 0.964. The van der Waals surface area contributed by atoms with Gasteiger partial charge < -0.3 is 0 Å². The molecule has 0 atom stereocenters. The smallest absolute Gasteiger partial charge is 0.137 e. The third-order valence-electron chi connectivity index (χ3n) is 4.34. The zero-order valence-electron chi connectivity index (χ0n) is 13.6. The number of aryl methyl sites for hydroxylation is 2. The molecule has 2 heterocycles. The van der Waals surface area contributed by atoms with Crippen molar-refractivity contribution in [1.29, 1.82) is 0 Å². The largest absolute Gasteiger partial charge is 0.299 e. The average Bonchev–Trinajstić information content (AvgIpc) is 2.98. The molecule has 0 spiro atoms. The summed E-state index contributed by atoms with van der Waals surface area (Å²) < 4.78 is 3.32. The van der Waals surface area contributed by atoms with E-state index in [1.807, 2.05) is 18.2 Å². The zero-order valence-corrected chi connectivity index (χ0v) is 15.2. The highest BCUT2D eigenvalue weighted by atomic mass is 79.9. The molecule has 2 aromatic carbocycles. The molecule has 0 unspecified atom stereocenters. The van der Waals surface area contributed by atoms with Crippen molar-refractivity contribution >= 4 is 21.6 Å². The van der Waals surface area contributed by atoms with Crippen molar-refractivity contribution in [3.05, 3.63) is 82.5 Å². The Balaban J connectivity index is 2.09. The van der Waals surface area contributed by atoms with E-state index in [1.54, 1.807) is 0 Å². The van der Waals surface area contributed by atoms with Crippen LogP contribution in [0.2, 0.25) is 0 Å². The number of halogens is 1. The molecule has 0 radical (unpaired) electrons. The Labute approximate surface area is 149 Å². The van der Waals surface area contributed by atoms with E-state index in [-0.39, 0.29) is 0 Å². The number of nitrogens with zero attached hydrogens (tertiary/aromatic N) is 2. The van der Waals surface area contributed by atoms with Gasteiger partial charge in [0.2, 0.25) is 0 Å². The van der Waals surface area contributed by atoms with Gasteiger partial charge in [-0.1, -0.05) is 52.3 Å². The van der Waals surface area contributed by atoms with E-state index in [1.165, 1.54) is 16.7 Å². The molecular weight excluding hydrogens is 360 g/mol. The van der Waals surface area contributed by atoms with Crippen LogP contribution in [0.15, 0.2) is 71.3 Å². The van der Waals surface area contributed by atoms with Crippen molar-refractivity contribution in [1.82, 2.24) is 9.38 Å². The summed E-state index contributed by atoms with van der Waals surface area (Å²) in [6, 6.07) is 20.9. The van der Waals surface area contributed by atoms with Crippen LogP contribution in [0.1, 0.15) is 11.1 Å². The highest BCUT2D eigenvalue weighted by Crippen LogP contribution is 2.36. The molecule has 4 rings (SSSR count). The number of benzene rings is 2. The maximum atomic E-state index is 4.90. The first-order valence-electron chi connectivity index (χ1n) is 7.95. The van der Waals surface area contributed by atoms with Gasteiger partial charge in [0.25, 0.3) is 0 Å². The lowest BCUT2D eigenvalue weighted by molar-refractivity contribution is 1.18. The van der Waals surface area contributed by atoms with Crippen molar-refractivity contribution in [3.63, 3.8) is 0 Å². The van der Waals surface area contributed by atoms with E-state index in [4.69, 9.17) is 4.98 Å². The van der Waals surface area contributed by atoms with Crippen LogP contribution in [0.3, 0.4) is 0 Å². The van der Waals surface area contributed by atoms with Gasteiger partial charge in [-0.2, -0.15) is 0 Å². The molecule has 0 saturated heterocycles. The normalized spacial score (nSPS) is 11.1. The molecule has 2 nitrogen and oxygen atoms in total. The SMILES string of the molecule is Cc1cc(-c2c(-c3ccccc3)nc3ccccn23)c(C)cc1Br. The number of pyridine rings is 1. The van der Waals surface area contributed by atoms with Gasteiger partial charge >= 0.3 is 0 Å². The summed E-state index contributed by atoms with van der Waals surface area (Å²) in [5, 5.41) is 0. The van der Waals surface area contributed by atoms with Crippen LogP contribution in [-0.4, -0.2) is 9.38 Å². The molecule has 24 heavy (non-hydrogen) atoms. The van der Waals surface area contributed by atoms with Crippen molar-refractivity contribution in [2.24, 2.45) is 0 Å². The predicted molar refractivity (Wildman–Crippen MR) is 103 cm³/mol. The van der Waals surface area contributed by atoms with Crippen LogP contribution < -0.4 is 0 Å². The zero-order chi connectivity index (χ0) is 16.7. The summed E-state index contributed by atoms with van der Waals surface area (Å²) >= 11 is 3.63. The lowest BCUT2D eigenvalue weighted by atomic mass is 9.99. The lowest BCUT2D eigenvalue weighted by Crippen LogP contribution is -1.93. The van der Waals surface area contributed by atoms with Crippen LogP contribution in [0.25, 0.3) is 28.2 Å². The Morgan fingerprint density at radius 2 is 1.62 bits per heavy atom. The van der Waals surface area contributed by atoms with E-state index in [0.717, 1.165) is 27.1 Å². The summed E-state index contributed by atoms with van der Waals surface area (Å²) in [4.78, 5) is 4.90. The van der Waals surface area contributed by atoms with Crippen molar-refractivity contribution in [3.8, 4) is 22.5 Å². The molecular formula is C21H17BrN2. The van der Waals surface area contributed by atoms with Crippen molar-refractivity contribution in [2.45, 2.75) is 13.8 Å². The molecule has 0 saturated carbocycles. The fraction of sp³-hybridized carbons (Fsp3) is 0.0952. The number of rotatable bonds is 2. The monoisotopic (exact) mass is 376 g/mol. The summed E-state index contributed by atoms with van der Waals surface area (Å²) in [5.41, 5.74) is 7.93. The van der Waals surface area contributed by atoms with Gasteiger partial charge in [0, 0.05) is 21.8 Å². The highest BCUT2D eigenvalue weighted by molar-refractivity contribution is 9.10. The number of hydrogen-bond donors (Lipinski definition) is 0. The minimum absolute atomic E-state index is 0.964. The number of aromatic nitrogens is 2. The van der Waals surface area contributed by atoms with Crippen LogP contribution in [0.4, 0.5) is 0 Å². The molecule has 0 aliphatic rings. The fourth-order valence-corrected chi connectivity index (χ4v) is 3.54. The second-order valence-electron chi connectivity index (χ2n) is 6.02. The third kappa shape index (κ3) is 2.45. The fourth-order valence-electron chi connectivity index (χ4n) is 3.09. The first-order chi connectivity index (χ1) is 11.6. The standard InChI is InChI=1S/C21H17BrN2/c1-14-13-18(22)15(2)12-17(14)21-20(16-8-4-3-5-9-16)23-19-10-6-7-11-24(19)21/h3-13H,1-2H3.